The normalized spacial score (nSPS) is 18.6. The molecule has 0 radical (unpaired) electrons. The van der Waals surface area contributed by atoms with Crippen molar-refractivity contribution in [2.45, 2.75) is 38.0 Å². The summed E-state index contributed by atoms with van der Waals surface area (Å²) in [6, 6.07) is 1.50. The Kier molecular flexibility index (Phi) is 2.48. The molecule has 1 aliphatic rings. The van der Waals surface area contributed by atoms with Crippen LogP contribution in [0.4, 0.5) is 0 Å². The molecule has 3 rings (SSSR count). The van der Waals surface area contributed by atoms with Gasteiger partial charge in [0.05, 0.1) is 0 Å². The number of hydrogen-bond donors (Lipinski definition) is 2. The molecule has 0 unspecified atom stereocenters. The first-order chi connectivity index (χ1) is 8.64. The van der Waals surface area contributed by atoms with E-state index in [0.717, 1.165) is 31.5 Å². The van der Waals surface area contributed by atoms with Crippen LogP contribution in [-0.2, 0) is 5.41 Å². The van der Waals surface area contributed by atoms with Crippen LogP contribution < -0.4 is 11.3 Å². The lowest BCUT2D eigenvalue weighted by Crippen LogP contribution is -2.33. The van der Waals surface area contributed by atoms with E-state index in [1.165, 1.54) is 10.6 Å². The molecule has 1 fully saturated rings. The minimum absolute atomic E-state index is 0.103. The summed E-state index contributed by atoms with van der Waals surface area (Å²) in [6.07, 6.45) is 4.37. The van der Waals surface area contributed by atoms with Crippen molar-refractivity contribution in [1.29, 1.82) is 0 Å². The van der Waals surface area contributed by atoms with Gasteiger partial charge in [-0.1, -0.05) is 12.8 Å². The van der Waals surface area contributed by atoms with Gasteiger partial charge < -0.3 is 5.73 Å². The fourth-order valence-electron chi connectivity index (χ4n) is 2.82. The van der Waals surface area contributed by atoms with Gasteiger partial charge >= 0.3 is 0 Å². The number of nitrogens with two attached hydrogens (primary N) is 1. The zero-order valence-corrected chi connectivity index (χ0v) is 10.4. The Morgan fingerprint density at radius 2 is 2.17 bits per heavy atom. The molecule has 0 amide bonds. The van der Waals surface area contributed by atoms with Crippen molar-refractivity contribution in [3.8, 4) is 0 Å². The van der Waals surface area contributed by atoms with Gasteiger partial charge in [-0.2, -0.15) is 9.50 Å². The highest BCUT2D eigenvalue weighted by Gasteiger charge is 2.37. The van der Waals surface area contributed by atoms with Crippen LogP contribution in [0.5, 0.6) is 0 Å². The largest absolute Gasteiger partial charge is 0.329 e. The second-order valence-electron chi connectivity index (χ2n) is 5.13. The molecule has 6 nitrogen and oxygen atoms in total. The van der Waals surface area contributed by atoms with Crippen LogP contribution in [0.25, 0.3) is 5.78 Å². The third-order valence-corrected chi connectivity index (χ3v) is 3.91. The van der Waals surface area contributed by atoms with Gasteiger partial charge in [0.2, 0.25) is 0 Å². The first kappa shape index (κ1) is 11.4. The summed E-state index contributed by atoms with van der Waals surface area (Å²) in [5, 5.41) is 3.08. The van der Waals surface area contributed by atoms with Gasteiger partial charge in [-0.3, -0.25) is 9.89 Å². The van der Waals surface area contributed by atoms with E-state index in [4.69, 9.17) is 5.73 Å². The smallest absolute Gasteiger partial charge is 0.274 e. The highest BCUT2D eigenvalue weighted by Crippen LogP contribution is 2.38. The Balaban J connectivity index is 2.19. The van der Waals surface area contributed by atoms with Gasteiger partial charge in [0, 0.05) is 23.7 Å². The van der Waals surface area contributed by atoms with E-state index in [1.54, 1.807) is 6.92 Å². The first-order valence-electron chi connectivity index (χ1n) is 6.32. The van der Waals surface area contributed by atoms with Crippen molar-refractivity contribution in [2.24, 2.45) is 5.73 Å². The van der Waals surface area contributed by atoms with Gasteiger partial charge in [0.1, 0.15) is 5.82 Å². The molecule has 1 saturated carbocycles. The topological polar surface area (TPSA) is 89.1 Å². The van der Waals surface area contributed by atoms with Crippen LogP contribution in [0, 0.1) is 6.92 Å². The summed E-state index contributed by atoms with van der Waals surface area (Å²) in [7, 11) is 0. The second kappa shape index (κ2) is 3.91. The summed E-state index contributed by atoms with van der Waals surface area (Å²) in [5.41, 5.74) is 6.38. The van der Waals surface area contributed by atoms with Crippen molar-refractivity contribution in [3.63, 3.8) is 0 Å². The second-order valence-corrected chi connectivity index (χ2v) is 5.13. The van der Waals surface area contributed by atoms with Gasteiger partial charge in [-0.15, -0.1) is 0 Å². The molecule has 1 aliphatic carbocycles. The Bertz CT molecular complexity index is 635. The average Bonchev–Trinajstić information content (AvgIpc) is 2.94. The molecule has 0 bridgehead atoms. The van der Waals surface area contributed by atoms with Crippen LogP contribution in [0.1, 0.15) is 37.2 Å². The Morgan fingerprint density at radius 3 is 2.83 bits per heavy atom. The molecular formula is C12H17N5O. The summed E-state index contributed by atoms with van der Waals surface area (Å²) in [6.45, 7) is 2.35. The van der Waals surface area contributed by atoms with Gasteiger partial charge in [-0.25, -0.2) is 4.98 Å². The molecule has 0 aliphatic heterocycles. The molecule has 96 valence electrons. The zero-order chi connectivity index (χ0) is 12.8. The van der Waals surface area contributed by atoms with Crippen LogP contribution >= 0.6 is 0 Å². The lowest BCUT2D eigenvalue weighted by molar-refractivity contribution is 0.424. The maximum Gasteiger partial charge on any atom is 0.274 e. The molecule has 0 saturated heterocycles. The zero-order valence-electron chi connectivity index (χ0n) is 10.4. The van der Waals surface area contributed by atoms with E-state index in [1.807, 2.05) is 0 Å². The molecule has 0 aromatic carbocycles. The Morgan fingerprint density at radius 1 is 1.44 bits per heavy atom. The molecule has 0 spiro atoms. The molecule has 18 heavy (non-hydrogen) atoms. The van der Waals surface area contributed by atoms with Crippen LogP contribution in [0.2, 0.25) is 0 Å². The van der Waals surface area contributed by atoms with Crippen molar-refractivity contribution in [2.75, 3.05) is 6.54 Å². The number of aryl methyl sites for hydroxylation is 1. The molecular weight excluding hydrogens is 230 g/mol. The first-order valence-corrected chi connectivity index (χ1v) is 6.32. The molecule has 6 heteroatoms. The number of nitrogens with one attached hydrogen (secondary N) is 1. The highest BCUT2D eigenvalue weighted by molar-refractivity contribution is 5.30. The number of hydrogen-bond acceptors (Lipinski definition) is 4. The lowest BCUT2D eigenvalue weighted by atomic mass is 9.85. The maximum atomic E-state index is 11.8. The summed E-state index contributed by atoms with van der Waals surface area (Å²) in [4.78, 5) is 20.6. The summed E-state index contributed by atoms with van der Waals surface area (Å²) >= 11 is 0. The fraction of sp³-hybridized carbons (Fsp3) is 0.583. The van der Waals surface area contributed by atoms with Crippen molar-refractivity contribution in [1.82, 2.24) is 19.6 Å². The van der Waals surface area contributed by atoms with E-state index in [-0.39, 0.29) is 11.0 Å². The molecule has 3 N–H and O–H groups in total. The maximum absolute atomic E-state index is 11.8. The highest BCUT2D eigenvalue weighted by atomic mass is 16.1. The average molecular weight is 247 g/mol. The third kappa shape index (κ3) is 1.56. The predicted molar refractivity (Wildman–Crippen MR) is 67.5 cm³/mol. The van der Waals surface area contributed by atoms with E-state index in [0.29, 0.717) is 18.0 Å². The number of nitrogens with zero attached hydrogens (tertiary/aromatic N) is 3. The number of aromatic nitrogens is 4. The van der Waals surface area contributed by atoms with Crippen molar-refractivity contribution in [3.05, 3.63) is 27.9 Å². The minimum atomic E-state index is -0.124. The Hall–Kier alpha value is -1.69. The lowest BCUT2D eigenvalue weighted by Gasteiger charge is -2.23. The molecule has 2 heterocycles. The van der Waals surface area contributed by atoms with Gasteiger partial charge in [0.15, 0.2) is 0 Å². The fourth-order valence-corrected chi connectivity index (χ4v) is 2.82. The van der Waals surface area contributed by atoms with Gasteiger partial charge in [0.25, 0.3) is 11.3 Å². The van der Waals surface area contributed by atoms with Crippen molar-refractivity contribution >= 4 is 5.78 Å². The third-order valence-electron chi connectivity index (χ3n) is 3.91. The number of H-pyrrole nitrogens is 1. The van der Waals surface area contributed by atoms with Crippen molar-refractivity contribution < 1.29 is 0 Å². The predicted octanol–water partition coefficient (Wildman–Crippen LogP) is 0.497. The number of rotatable bonds is 2. The number of fused-ring (bicyclic) bond motifs is 1. The minimum Gasteiger partial charge on any atom is -0.329 e. The SMILES string of the molecule is Cc1cc(=O)n2[nH]c(C3(CN)CCCC3)nc2n1. The van der Waals surface area contributed by atoms with Crippen LogP contribution in [-0.4, -0.2) is 26.1 Å². The monoisotopic (exact) mass is 247 g/mol. The van der Waals surface area contributed by atoms with Crippen LogP contribution in [0.3, 0.4) is 0 Å². The van der Waals surface area contributed by atoms with E-state index in [9.17, 15) is 4.79 Å². The van der Waals surface area contributed by atoms with E-state index >= 15 is 0 Å². The quantitative estimate of drug-likeness (QED) is 0.808. The molecule has 2 aromatic heterocycles. The van der Waals surface area contributed by atoms with E-state index < -0.39 is 0 Å². The Labute approximate surface area is 104 Å². The summed E-state index contributed by atoms with van der Waals surface area (Å²) < 4.78 is 1.40. The summed E-state index contributed by atoms with van der Waals surface area (Å²) in [5.74, 6) is 1.24. The number of aromatic amines is 1. The van der Waals surface area contributed by atoms with E-state index in [2.05, 4.69) is 15.1 Å². The van der Waals surface area contributed by atoms with Gasteiger partial charge in [-0.05, 0) is 19.8 Å². The molecule has 0 atom stereocenters. The molecule has 2 aromatic rings. The standard InChI is InChI=1S/C12H17N5O/c1-8-6-9(18)17-11(14-8)15-10(16-17)12(7-13)4-2-3-5-12/h6H,2-5,7,13H2,1H3,(H,14,15,16). The van der Waals surface area contributed by atoms with Crippen LogP contribution in [0.15, 0.2) is 10.9 Å².